The van der Waals surface area contributed by atoms with Crippen LogP contribution in [0.25, 0.3) is 0 Å². The molecule has 0 bridgehead atoms. The van der Waals surface area contributed by atoms with E-state index in [4.69, 9.17) is 9.47 Å². The molecule has 0 radical (unpaired) electrons. The van der Waals surface area contributed by atoms with Crippen LogP contribution in [0.2, 0.25) is 0 Å². The van der Waals surface area contributed by atoms with Gasteiger partial charge in [-0.3, -0.25) is 4.79 Å². The Balaban J connectivity index is 1.69. The summed E-state index contributed by atoms with van der Waals surface area (Å²) in [4.78, 5) is 24.4. The Bertz CT molecular complexity index is 1310. The lowest BCUT2D eigenvalue weighted by Gasteiger charge is -2.20. The molecule has 172 valence electrons. The number of aromatic hydroxyl groups is 1. The minimum absolute atomic E-state index is 0.0467. The Hall–Kier alpha value is -3.90. The number of ketones is 1. The molecule has 0 saturated carbocycles. The molecule has 1 N–H and O–H groups in total. The average Bonchev–Trinajstić information content (AvgIpc) is 3.24. The molecule has 1 heterocycles. The highest BCUT2D eigenvalue weighted by atomic mass is 32.1. The SMILES string of the molecule is COC(=O)c1cccc(Cc2cccc(C(Oc3ccccc3)c3scc(C(C)=O)c3O)c2)c1. The number of Topliss-reactive ketones (excluding diaryl/α,β-unsaturated/α-hetero) is 1. The van der Waals surface area contributed by atoms with Crippen LogP contribution < -0.4 is 4.74 Å². The number of methoxy groups -OCH3 is 1. The first-order valence-corrected chi connectivity index (χ1v) is 11.6. The van der Waals surface area contributed by atoms with Gasteiger partial charge >= 0.3 is 5.97 Å². The van der Waals surface area contributed by atoms with Crippen LogP contribution in [0, 0.1) is 0 Å². The molecule has 1 unspecified atom stereocenters. The quantitative estimate of drug-likeness (QED) is 0.244. The van der Waals surface area contributed by atoms with Gasteiger partial charge in [-0.1, -0.05) is 54.6 Å². The molecule has 0 aliphatic carbocycles. The first-order chi connectivity index (χ1) is 16.5. The van der Waals surface area contributed by atoms with Gasteiger partial charge in [0.2, 0.25) is 0 Å². The number of benzene rings is 3. The molecule has 1 atom stereocenters. The number of para-hydroxylation sites is 1. The number of esters is 1. The summed E-state index contributed by atoms with van der Waals surface area (Å²) in [5.74, 6) is 0.0366. The molecular weight excluding hydrogens is 448 g/mol. The number of rotatable bonds is 8. The molecule has 4 aromatic rings. The topological polar surface area (TPSA) is 72.8 Å². The zero-order valence-corrected chi connectivity index (χ0v) is 19.7. The molecule has 4 rings (SSSR count). The number of hydrogen-bond donors (Lipinski definition) is 1. The van der Waals surface area contributed by atoms with Gasteiger partial charge in [-0.15, -0.1) is 11.3 Å². The number of carbonyl (C=O) groups excluding carboxylic acids is 2. The van der Waals surface area contributed by atoms with E-state index < -0.39 is 6.10 Å². The van der Waals surface area contributed by atoms with E-state index in [2.05, 4.69) is 0 Å². The van der Waals surface area contributed by atoms with Crippen molar-refractivity contribution in [2.24, 2.45) is 0 Å². The van der Waals surface area contributed by atoms with Crippen molar-refractivity contribution in [1.29, 1.82) is 0 Å². The second kappa shape index (κ2) is 10.4. The lowest BCUT2D eigenvalue weighted by atomic mass is 9.98. The lowest BCUT2D eigenvalue weighted by Crippen LogP contribution is -2.09. The molecule has 5 nitrogen and oxygen atoms in total. The van der Waals surface area contributed by atoms with Gasteiger partial charge in [0.05, 0.1) is 23.1 Å². The third kappa shape index (κ3) is 5.18. The third-order valence-corrected chi connectivity index (χ3v) is 6.43. The van der Waals surface area contributed by atoms with Crippen LogP contribution in [0.4, 0.5) is 0 Å². The zero-order chi connectivity index (χ0) is 24.1. The Labute approximate surface area is 202 Å². The van der Waals surface area contributed by atoms with Crippen LogP contribution in [0.3, 0.4) is 0 Å². The number of carbonyl (C=O) groups is 2. The van der Waals surface area contributed by atoms with Crippen molar-refractivity contribution in [3.8, 4) is 11.5 Å². The van der Waals surface area contributed by atoms with Crippen LogP contribution in [0.5, 0.6) is 11.5 Å². The van der Waals surface area contributed by atoms with Gasteiger partial charge < -0.3 is 14.6 Å². The van der Waals surface area contributed by atoms with Crippen molar-refractivity contribution in [2.45, 2.75) is 19.4 Å². The standard InChI is InChI=1S/C28H24O5S/c1-18(29)24-17-34-27(25(24)30)26(33-23-12-4-3-5-13-23)21-10-6-8-19(15-21)14-20-9-7-11-22(16-20)28(31)32-2/h3-13,15-17,26,30H,14H2,1-2H3. The van der Waals surface area contributed by atoms with E-state index in [1.54, 1.807) is 11.4 Å². The zero-order valence-electron chi connectivity index (χ0n) is 18.9. The van der Waals surface area contributed by atoms with Crippen molar-refractivity contribution in [2.75, 3.05) is 7.11 Å². The summed E-state index contributed by atoms with van der Waals surface area (Å²) in [6.07, 6.45) is 0.00752. The number of hydrogen-bond acceptors (Lipinski definition) is 6. The van der Waals surface area contributed by atoms with Crippen molar-refractivity contribution in [1.82, 2.24) is 0 Å². The minimum atomic E-state index is -0.596. The average molecular weight is 473 g/mol. The van der Waals surface area contributed by atoms with Gasteiger partial charge in [0.15, 0.2) is 11.9 Å². The maximum atomic E-state index is 11.9. The van der Waals surface area contributed by atoms with Gasteiger partial charge in [0, 0.05) is 5.38 Å². The Morgan fingerprint density at radius 3 is 2.32 bits per heavy atom. The highest BCUT2D eigenvalue weighted by Gasteiger charge is 2.25. The number of thiophene rings is 1. The highest BCUT2D eigenvalue weighted by Crippen LogP contribution is 2.40. The van der Waals surface area contributed by atoms with Gasteiger partial charge in [-0.2, -0.15) is 0 Å². The Kier molecular flexibility index (Phi) is 7.09. The molecular formula is C28H24O5S. The molecule has 0 aliphatic heterocycles. The molecule has 0 spiro atoms. The lowest BCUT2D eigenvalue weighted by molar-refractivity contribution is 0.0600. The summed E-state index contributed by atoms with van der Waals surface area (Å²) < 4.78 is 11.1. The van der Waals surface area contributed by atoms with E-state index in [9.17, 15) is 14.7 Å². The summed E-state index contributed by atoms with van der Waals surface area (Å²) >= 11 is 1.30. The van der Waals surface area contributed by atoms with Crippen molar-refractivity contribution in [3.63, 3.8) is 0 Å². The largest absolute Gasteiger partial charge is 0.506 e. The Morgan fingerprint density at radius 1 is 0.941 bits per heavy atom. The molecule has 0 fully saturated rings. The molecule has 34 heavy (non-hydrogen) atoms. The van der Waals surface area contributed by atoms with E-state index in [0.717, 1.165) is 16.7 Å². The summed E-state index contributed by atoms with van der Waals surface area (Å²) in [5.41, 5.74) is 3.62. The van der Waals surface area contributed by atoms with Crippen LogP contribution >= 0.6 is 11.3 Å². The minimum Gasteiger partial charge on any atom is -0.506 e. The molecule has 1 aromatic heterocycles. The van der Waals surface area contributed by atoms with E-state index >= 15 is 0 Å². The predicted molar refractivity (Wildman–Crippen MR) is 132 cm³/mol. The van der Waals surface area contributed by atoms with Gasteiger partial charge in [0.1, 0.15) is 11.5 Å². The molecule has 3 aromatic carbocycles. The van der Waals surface area contributed by atoms with Gasteiger partial charge in [-0.25, -0.2) is 4.79 Å². The molecule has 0 aliphatic rings. The summed E-state index contributed by atoms with van der Waals surface area (Å²) in [5, 5.41) is 12.4. The highest BCUT2D eigenvalue weighted by molar-refractivity contribution is 7.10. The fourth-order valence-electron chi connectivity index (χ4n) is 3.74. The van der Waals surface area contributed by atoms with E-state index in [1.807, 2.05) is 72.8 Å². The van der Waals surface area contributed by atoms with Crippen LogP contribution in [0.15, 0.2) is 84.2 Å². The first-order valence-electron chi connectivity index (χ1n) is 10.8. The van der Waals surface area contributed by atoms with Crippen molar-refractivity contribution >= 4 is 23.1 Å². The summed E-state index contributed by atoms with van der Waals surface area (Å²) in [6, 6.07) is 24.6. The maximum absolute atomic E-state index is 11.9. The second-order valence-corrected chi connectivity index (χ2v) is 8.75. The monoisotopic (exact) mass is 472 g/mol. The first kappa shape index (κ1) is 23.3. The summed E-state index contributed by atoms with van der Waals surface area (Å²) in [6.45, 7) is 1.43. The maximum Gasteiger partial charge on any atom is 0.337 e. The molecule has 6 heteroatoms. The van der Waals surface area contributed by atoms with E-state index in [1.165, 1.54) is 25.4 Å². The number of ether oxygens (including phenoxy) is 2. The van der Waals surface area contributed by atoms with Crippen molar-refractivity contribution in [3.05, 3.63) is 117 Å². The fraction of sp³-hybridized carbons (Fsp3) is 0.143. The second-order valence-electron chi connectivity index (χ2n) is 7.84. The van der Waals surface area contributed by atoms with Gasteiger partial charge in [0.25, 0.3) is 0 Å². The smallest absolute Gasteiger partial charge is 0.337 e. The Morgan fingerprint density at radius 2 is 1.65 bits per heavy atom. The predicted octanol–water partition coefficient (Wildman–Crippen LogP) is 6.20. The molecule has 0 saturated heterocycles. The van der Waals surface area contributed by atoms with Crippen LogP contribution in [-0.4, -0.2) is 24.0 Å². The van der Waals surface area contributed by atoms with E-state index in [0.29, 0.717) is 22.6 Å². The van der Waals surface area contributed by atoms with Gasteiger partial charge in [-0.05, 0) is 54.3 Å². The van der Waals surface area contributed by atoms with E-state index in [-0.39, 0.29) is 23.1 Å². The van der Waals surface area contributed by atoms with Crippen molar-refractivity contribution < 1.29 is 24.2 Å². The third-order valence-electron chi connectivity index (χ3n) is 5.42. The van der Waals surface area contributed by atoms with Crippen LogP contribution in [-0.2, 0) is 11.2 Å². The fourth-order valence-corrected chi connectivity index (χ4v) is 4.79. The normalized spacial score (nSPS) is 11.6. The summed E-state index contributed by atoms with van der Waals surface area (Å²) in [7, 11) is 1.36. The van der Waals surface area contributed by atoms with Crippen LogP contribution in [0.1, 0.15) is 55.3 Å². The molecule has 0 amide bonds.